The monoisotopic (exact) mass is 347 g/mol. The molecule has 0 fully saturated rings. The smallest absolute Gasteiger partial charge is 0.263 e. The molecule has 0 saturated heterocycles. The van der Waals surface area contributed by atoms with Gasteiger partial charge in [0, 0.05) is 25.2 Å². The third-order valence-corrected chi connectivity index (χ3v) is 5.99. The number of nitrogens with zero attached hydrogens (tertiary/aromatic N) is 3. The molecule has 8 heteroatoms. The van der Waals surface area contributed by atoms with Crippen molar-refractivity contribution in [2.24, 2.45) is 7.05 Å². The molecule has 0 aliphatic rings. The first kappa shape index (κ1) is 16.3. The fraction of sp³-hybridized carbons (Fsp3) is 0.308. The maximum Gasteiger partial charge on any atom is 0.263 e. The molecule has 2 rings (SSSR count). The highest BCUT2D eigenvalue weighted by atomic mass is 35.5. The van der Waals surface area contributed by atoms with E-state index in [1.807, 2.05) is 6.07 Å². The number of hydrogen-bond acceptors (Lipinski definition) is 3. The molecule has 1 aromatic carbocycles. The number of sulfonamides is 1. The number of imidazole rings is 1. The van der Waals surface area contributed by atoms with Crippen molar-refractivity contribution in [2.75, 3.05) is 7.05 Å². The summed E-state index contributed by atoms with van der Waals surface area (Å²) in [4.78, 5) is 3.88. The van der Waals surface area contributed by atoms with Gasteiger partial charge in [0.2, 0.25) is 5.03 Å². The summed E-state index contributed by atoms with van der Waals surface area (Å²) in [5, 5.41) is 0.490. The summed E-state index contributed by atoms with van der Waals surface area (Å²) in [6, 6.07) is 6.68. The Morgan fingerprint density at radius 1 is 1.33 bits per heavy atom. The molecule has 5 nitrogen and oxygen atoms in total. The van der Waals surface area contributed by atoms with Gasteiger partial charge in [-0.25, -0.2) is 13.4 Å². The number of aromatic nitrogens is 2. The van der Waals surface area contributed by atoms with Crippen molar-refractivity contribution in [2.45, 2.75) is 18.0 Å². The van der Waals surface area contributed by atoms with Crippen LogP contribution in [-0.2, 0) is 17.1 Å². The molecule has 0 spiro atoms. The van der Waals surface area contributed by atoms with Gasteiger partial charge in [-0.15, -0.1) is 0 Å². The summed E-state index contributed by atoms with van der Waals surface area (Å²) >= 11 is 11.9. The molecule has 2 aromatic rings. The Balaban J connectivity index is 2.38. The highest BCUT2D eigenvalue weighted by molar-refractivity contribution is 7.89. The number of hydrogen-bond donors (Lipinski definition) is 0. The molecule has 21 heavy (non-hydrogen) atoms. The Morgan fingerprint density at radius 3 is 2.52 bits per heavy atom. The van der Waals surface area contributed by atoms with Gasteiger partial charge >= 0.3 is 0 Å². The molecule has 0 radical (unpaired) electrons. The number of aryl methyl sites for hydroxylation is 1. The molecule has 114 valence electrons. The lowest BCUT2D eigenvalue weighted by Crippen LogP contribution is -2.30. The van der Waals surface area contributed by atoms with Crippen molar-refractivity contribution in [3.05, 3.63) is 46.3 Å². The Morgan fingerprint density at radius 2 is 2.00 bits per heavy atom. The molecule has 1 heterocycles. The van der Waals surface area contributed by atoms with Gasteiger partial charge in [-0.1, -0.05) is 35.3 Å². The van der Waals surface area contributed by atoms with Crippen molar-refractivity contribution in [1.29, 1.82) is 0 Å². The van der Waals surface area contributed by atoms with E-state index in [0.717, 1.165) is 5.56 Å². The minimum atomic E-state index is -3.78. The summed E-state index contributed by atoms with van der Waals surface area (Å²) in [6.45, 7) is 1.78. The SMILES string of the molecule is CC(c1cccc(Cl)c1)N(C)S(=O)(=O)c1ncn(C)c1Cl. The zero-order valence-electron chi connectivity index (χ0n) is 11.8. The van der Waals surface area contributed by atoms with E-state index in [9.17, 15) is 8.42 Å². The first-order chi connectivity index (χ1) is 9.75. The van der Waals surface area contributed by atoms with Gasteiger partial charge in [0.1, 0.15) is 5.15 Å². The molecular formula is C13H15Cl2N3O2S. The van der Waals surface area contributed by atoms with Gasteiger partial charge in [-0.05, 0) is 24.6 Å². The van der Waals surface area contributed by atoms with Gasteiger partial charge in [0.15, 0.2) is 0 Å². The van der Waals surface area contributed by atoms with Gasteiger partial charge in [-0.3, -0.25) is 0 Å². The third-order valence-electron chi connectivity index (χ3n) is 3.33. The Kier molecular flexibility index (Phi) is 4.63. The first-order valence-electron chi connectivity index (χ1n) is 6.15. The molecule has 0 aliphatic carbocycles. The molecule has 0 amide bonds. The molecular weight excluding hydrogens is 333 g/mol. The van der Waals surface area contributed by atoms with E-state index in [4.69, 9.17) is 23.2 Å². The zero-order valence-corrected chi connectivity index (χ0v) is 14.1. The summed E-state index contributed by atoms with van der Waals surface area (Å²) < 4.78 is 27.9. The van der Waals surface area contributed by atoms with Gasteiger partial charge in [-0.2, -0.15) is 4.31 Å². The van der Waals surface area contributed by atoms with Crippen LogP contribution < -0.4 is 0 Å². The van der Waals surface area contributed by atoms with Crippen LogP contribution in [0.5, 0.6) is 0 Å². The fourth-order valence-electron chi connectivity index (χ4n) is 1.89. The highest BCUT2D eigenvalue weighted by Gasteiger charge is 2.31. The highest BCUT2D eigenvalue weighted by Crippen LogP contribution is 2.29. The van der Waals surface area contributed by atoms with Crippen molar-refractivity contribution in [1.82, 2.24) is 13.9 Å². The van der Waals surface area contributed by atoms with Crippen LogP contribution in [0.1, 0.15) is 18.5 Å². The van der Waals surface area contributed by atoms with Gasteiger partial charge < -0.3 is 4.57 Å². The second-order valence-electron chi connectivity index (χ2n) is 4.70. The minimum absolute atomic E-state index is 0.0835. The molecule has 1 atom stereocenters. The summed E-state index contributed by atoms with van der Waals surface area (Å²) in [5.41, 5.74) is 0.792. The number of rotatable bonds is 4. The van der Waals surface area contributed by atoms with E-state index < -0.39 is 16.1 Å². The third kappa shape index (κ3) is 3.08. The van der Waals surface area contributed by atoms with Crippen LogP contribution in [0.25, 0.3) is 0 Å². The fourth-order valence-corrected chi connectivity index (χ4v) is 3.82. The van der Waals surface area contributed by atoms with Crippen molar-refractivity contribution in [3.63, 3.8) is 0 Å². The van der Waals surface area contributed by atoms with Gasteiger partial charge in [0.25, 0.3) is 10.0 Å². The van der Waals surface area contributed by atoms with Crippen LogP contribution in [0.2, 0.25) is 10.2 Å². The lowest BCUT2D eigenvalue weighted by atomic mass is 10.1. The average molecular weight is 348 g/mol. The lowest BCUT2D eigenvalue weighted by Gasteiger charge is -2.24. The van der Waals surface area contributed by atoms with Crippen LogP contribution in [-0.4, -0.2) is 29.3 Å². The summed E-state index contributed by atoms with van der Waals surface area (Å²) in [6.07, 6.45) is 1.37. The van der Waals surface area contributed by atoms with Crippen LogP contribution in [0, 0.1) is 0 Å². The van der Waals surface area contributed by atoms with E-state index >= 15 is 0 Å². The van der Waals surface area contributed by atoms with Gasteiger partial charge in [0.05, 0.1) is 6.33 Å². The lowest BCUT2D eigenvalue weighted by molar-refractivity contribution is 0.397. The van der Waals surface area contributed by atoms with E-state index in [0.29, 0.717) is 5.02 Å². The Hall–Kier alpha value is -1.08. The molecule has 0 N–H and O–H groups in total. The second kappa shape index (κ2) is 5.96. The predicted octanol–water partition coefficient (Wildman–Crippen LogP) is 3.11. The Bertz CT molecular complexity index is 759. The molecule has 1 unspecified atom stereocenters. The maximum atomic E-state index is 12.6. The van der Waals surface area contributed by atoms with Crippen molar-refractivity contribution < 1.29 is 8.42 Å². The standard InChI is InChI=1S/C13H15Cl2N3O2S/c1-9(10-5-4-6-11(14)7-10)18(3)21(19,20)13-12(15)17(2)8-16-13/h4-9H,1-3H3. The van der Waals surface area contributed by atoms with E-state index in [1.165, 1.54) is 22.2 Å². The molecule has 0 saturated carbocycles. The van der Waals surface area contributed by atoms with E-state index in [-0.39, 0.29) is 10.2 Å². The largest absolute Gasteiger partial charge is 0.324 e. The van der Waals surface area contributed by atoms with Crippen molar-refractivity contribution >= 4 is 33.2 Å². The predicted molar refractivity (Wildman–Crippen MR) is 83.0 cm³/mol. The van der Waals surface area contributed by atoms with E-state index in [2.05, 4.69) is 4.98 Å². The topological polar surface area (TPSA) is 55.2 Å². The maximum absolute atomic E-state index is 12.6. The Labute approximate surface area is 134 Å². The number of benzene rings is 1. The average Bonchev–Trinajstić information content (AvgIpc) is 2.78. The number of halogens is 2. The summed E-state index contributed by atoms with van der Waals surface area (Å²) in [5.74, 6) is 0. The normalized spacial score (nSPS) is 13.6. The molecule has 0 aliphatic heterocycles. The van der Waals surface area contributed by atoms with Crippen LogP contribution in [0.3, 0.4) is 0 Å². The first-order valence-corrected chi connectivity index (χ1v) is 8.35. The second-order valence-corrected chi connectivity index (χ2v) is 7.41. The van der Waals surface area contributed by atoms with Crippen molar-refractivity contribution in [3.8, 4) is 0 Å². The molecule has 0 bridgehead atoms. The van der Waals surface area contributed by atoms with Crippen LogP contribution >= 0.6 is 23.2 Å². The zero-order chi connectivity index (χ0) is 15.8. The quantitative estimate of drug-likeness (QED) is 0.853. The van der Waals surface area contributed by atoms with Crippen LogP contribution in [0.4, 0.5) is 0 Å². The van der Waals surface area contributed by atoms with E-state index in [1.54, 1.807) is 32.2 Å². The molecule has 1 aromatic heterocycles. The minimum Gasteiger partial charge on any atom is -0.324 e. The van der Waals surface area contributed by atoms with Crippen LogP contribution in [0.15, 0.2) is 35.6 Å². The summed E-state index contributed by atoms with van der Waals surface area (Å²) in [7, 11) is -0.657.